The maximum Gasteiger partial charge on any atom is 0.0625 e. The molecule has 0 radical (unpaired) electrons. The van der Waals surface area contributed by atoms with E-state index in [2.05, 4.69) is 46.9 Å². The molecule has 1 N–H and O–H groups in total. The molecule has 0 fully saturated rings. The summed E-state index contributed by atoms with van der Waals surface area (Å²) in [7, 11) is 0. The molecular formula is C16H23ClN4. The van der Waals surface area contributed by atoms with Gasteiger partial charge in [0.15, 0.2) is 0 Å². The van der Waals surface area contributed by atoms with Gasteiger partial charge in [-0.1, -0.05) is 25.4 Å². The number of hydrogen-bond donors (Lipinski definition) is 1. The fourth-order valence-electron chi connectivity index (χ4n) is 2.51. The molecule has 0 aliphatic heterocycles. The van der Waals surface area contributed by atoms with Crippen LogP contribution in [0.15, 0.2) is 24.5 Å². The Balaban J connectivity index is 2.30. The molecule has 0 aromatic carbocycles. The summed E-state index contributed by atoms with van der Waals surface area (Å²) in [6.07, 6.45) is 5.28. The van der Waals surface area contributed by atoms with E-state index in [-0.39, 0.29) is 6.04 Å². The molecule has 5 heteroatoms. The Labute approximate surface area is 131 Å². The van der Waals surface area contributed by atoms with E-state index in [1.54, 1.807) is 12.4 Å². The SMILES string of the molecule is CCNC(Cc1ccncc1Cl)c1cc(CC)nn1CC. The average molecular weight is 307 g/mol. The lowest BCUT2D eigenvalue weighted by Gasteiger charge is -2.19. The summed E-state index contributed by atoms with van der Waals surface area (Å²) in [5, 5.41) is 8.91. The summed E-state index contributed by atoms with van der Waals surface area (Å²) in [6, 6.07) is 4.40. The van der Waals surface area contributed by atoms with E-state index in [1.807, 2.05) is 6.07 Å². The molecule has 0 saturated heterocycles. The standard InChI is InChI=1S/C16H23ClN4/c1-4-13-10-16(21(6-3)20-13)15(19-5-2)9-12-7-8-18-11-14(12)17/h7-8,10-11,15,19H,4-6,9H2,1-3H3. The third-order valence-corrected chi connectivity index (χ3v) is 3.95. The van der Waals surface area contributed by atoms with Crippen molar-refractivity contribution < 1.29 is 0 Å². The van der Waals surface area contributed by atoms with E-state index in [0.29, 0.717) is 0 Å². The third-order valence-electron chi connectivity index (χ3n) is 3.61. The summed E-state index contributed by atoms with van der Waals surface area (Å²) in [5.74, 6) is 0. The molecule has 114 valence electrons. The fourth-order valence-corrected chi connectivity index (χ4v) is 2.71. The normalized spacial score (nSPS) is 12.6. The smallest absolute Gasteiger partial charge is 0.0625 e. The van der Waals surface area contributed by atoms with Crippen molar-refractivity contribution in [3.63, 3.8) is 0 Å². The Kier molecular flexibility index (Phi) is 5.76. The molecular weight excluding hydrogens is 284 g/mol. The maximum atomic E-state index is 6.25. The van der Waals surface area contributed by atoms with Gasteiger partial charge in [0.1, 0.15) is 0 Å². The lowest BCUT2D eigenvalue weighted by molar-refractivity contribution is 0.489. The minimum absolute atomic E-state index is 0.211. The summed E-state index contributed by atoms with van der Waals surface area (Å²) < 4.78 is 2.08. The van der Waals surface area contributed by atoms with Gasteiger partial charge in [-0.05, 0) is 44.0 Å². The Bertz CT molecular complexity index is 579. The number of aromatic nitrogens is 3. The van der Waals surface area contributed by atoms with Gasteiger partial charge in [-0.2, -0.15) is 5.10 Å². The first-order valence-electron chi connectivity index (χ1n) is 7.57. The largest absolute Gasteiger partial charge is 0.309 e. The predicted octanol–water partition coefficient (Wildman–Crippen LogP) is 3.41. The third kappa shape index (κ3) is 3.83. The number of nitrogens with one attached hydrogen (secondary N) is 1. The lowest BCUT2D eigenvalue weighted by Crippen LogP contribution is -2.25. The van der Waals surface area contributed by atoms with Gasteiger partial charge in [0.25, 0.3) is 0 Å². The number of likely N-dealkylation sites (N-methyl/N-ethyl adjacent to an activating group) is 1. The zero-order valence-electron chi connectivity index (χ0n) is 12.9. The molecule has 4 nitrogen and oxygen atoms in total. The van der Waals surface area contributed by atoms with Crippen molar-refractivity contribution >= 4 is 11.6 Å². The van der Waals surface area contributed by atoms with Crippen LogP contribution < -0.4 is 5.32 Å². The number of halogens is 1. The van der Waals surface area contributed by atoms with Crippen molar-refractivity contribution in [2.24, 2.45) is 0 Å². The molecule has 1 atom stereocenters. The van der Waals surface area contributed by atoms with E-state index in [9.17, 15) is 0 Å². The van der Waals surface area contributed by atoms with Gasteiger partial charge in [-0.15, -0.1) is 0 Å². The highest BCUT2D eigenvalue weighted by molar-refractivity contribution is 6.31. The van der Waals surface area contributed by atoms with Gasteiger partial charge in [0, 0.05) is 18.9 Å². The number of rotatable bonds is 7. The van der Waals surface area contributed by atoms with Gasteiger partial charge in [0.05, 0.1) is 22.5 Å². The van der Waals surface area contributed by atoms with Crippen LogP contribution in [0.4, 0.5) is 0 Å². The Morgan fingerprint density at radius 3 is 2.76 bits per heavy atom. The predicted molar refractivity (Wildman–Crippen MR) is 86.6 cm³/mol. The van der Waals surface area contributed by atoms with Crippen LogP contribution in [0, 0.1) is 0 Å². The van der Waals surface area contributed by atoms with Gasteiger partial charge < -0.3 is 5.32 Å². The van der Waals surface area contributed by atoms with Crippen LogP contribution in [0.25, 0.3) is 0 Å². The molecule has 0 amide bonds. The zero-order chi connectivity index (χ0) is 15.2. The van der Waals surface area contributed by atoms with Crippen LogP contribution in [0.3, 0.4) is 0 Å². The van der Waals surface area contributed by atoms with Crippen molar-refractivity contribution in [3.8, 4) is 0 Å². The van der Waals surface area contributed by atoms with E-state index in [4.69, 9.17) is 11.6 Å². The molecule has 0 saturated carbocycles. The van der Waals surface area contributed by atoms with Crippen LogP contribution in [-0.4, -0.2) is 21.3 Å². The van der Waals surface area contributed by atoms with Crippen molar-refractivity contribution in [2.45, 2.75) is 46.2 Å². The first-order valence-corrected chi connectivity index (χ1v) is 7.95. The van der Waals surface area contributed by atoms with E-state index < -0.39 is 0 Å². The number of nitrogens with zero attached hydrogens (tertiary/aromatic N) is 3. The molecule has 2 aromatic rings. The summed E-state index contributed by atoms with van der Waals surface area (Å²) >= 11 is 6.25. The van der Waals surface area contributed by atoms with Gasteiger partial charge in [-0.25, -0.2) is 0 Å². The fraction of sp³-hybridized carbons (Fsp3) is 0.500. The highest BCUT2D eigenvalue weighted by atomic mass is 35.5. The minimum atomic E-state index is 0.211. The van der Waals surface area contributed by atoms with Gasteiger partial charge >= 0.3 is 0 Å². The zero-order valence-corrected chi connectivity index (χ0v) is 13.7. The van der Waals surface area contributed by atoms with E-state index >= 15 is 0 Å². The Morgan fingerprint density at radius 2 is 2.14 bits per heavy atom. The molecule has 2 aromatic heterocycles. The van der Waals surface area contributed by atoms with Gasteiger partial charge in [0.2, 0.25) is 0 Å². The molecule has 0 spiro atoms. The molecule has 0 aliphatic carbocycles. The van der Waals surface area contributed by atoms with Crippen molar-refractivity contribution in [2.75, 3.05) is 6.54 Å². The quantitative estimate of drug-likeness (QED) is 0.852. The average Bonchev–Trinajstić information content (AvgIpc) is 2.92. The van der Waals surface area contributed by atoms with E-state index in [0.717, 1.165) is 42.2 Å². The van der Waals surface area contributed by atoms with Crippen molar-refractivity contribution in [1.82, 2.24) is 20.1 Å². The lowest BCUT2D eigenvalue weighted by atomic mass is 10.0. The number of hydrogen-bond acceptors (Lipinski definition) is 3. The topological polar surface area (TPSA) is 42.7 Å². The van der Waals surface area contributed by atoms with E-state index in [1.165, 1.54) is 5.69 Å². The molecule has 2 heterocycles. The van der Waals surface area contributed by atoms with Gasteiger partial charge in [-0.3, -0.25) is 9.67 Å². The van der Waals surface area contributed by atoms with Crippen LogP contribution in [0.5, 0.6) is 0 Å². The summed E-state index contributed by atoms with van der Waals surface area (Å²) in [4.78, 5) is 4.05. The molecule has 2 rings (SSSR count). The minimum Gasteiger partial charge on any atom is -0.309 e. The summed E-state index contributed by atoms with van der Waals surface area (Å²) in [5.41, 5.74) is 3.47. The first kappa shape index (κ1) is 16.0. The Hall–Kier alpha value is -1.39. The van der Waals surface area contributed by atoms with Crippen molar-refractivity contribution in [1.29, 1.82) is 0 Å². The number of aryl methyl sites for hydroxylation is 2. The first-order chi connectivity index (χ1) is 10.2. The van der Waals surface area contributed by atoms with Crippen LogP contribution in [0.1, 0.15) is 43.8 Å². The van der Waals surface area contributed by atoms with Crippen LogP contribution in [-0.2, 0) is 19.4 Å². The second kappa shape index (κ2) is 7.57. The number of pyridine rings is 1. The monoisotopic (exact) mass is 306 g/mol. The maximum absolute atomic E-state index is 6.25. The highest BCUT2D eigenvalue weighted by Crippen LogP contribution is 2.23. The van der Waals surface area contributed by atoms with Crippen LogP contribution >= 0.6 is 11.6 Å². The molecule has 0 bridgehead atoms. The second-order valence-corrected chi connectivity index (χ2v) is 5.42. The molecule has 0 aliphatic rings. The molecule has 21 heavy (non-hydrogen) atoms. The Morgan fingerprint density at radius 1 is 1.33 bits per heavy atom. The summed E-state index contributed by atoms with van der Waals surface area (Å²) in [6.45, 7) is 8.16. The van der Waals surface area contributed by atoms with Crippen molar-refractivity contribution in [3.05, 3.63) is 46.5 Å². The van der Waals surface area contributed by atoms with Crippen LogP contribution in [0.2, 0.25) is 5.02 Å². The molecule has 1 unspecified atom stereocenters. The highest BCUT2D eigenvalue weighted by Gasteiger charge is 2.18. The second-order valence-electron chi connectivity index (χ2n) is 5.01.